The first-order valence-corrected chi connectivity index (χ1v) is 5.68. The van der Waals surface area contributed by atoms with E-state index in [-0.39, 0.29) is 5.92 Å². The lowest BCUT2D eigenvalue weighted by Crippen LogP contribution is -2.05. The van der Waals surface area contributed by atoms with E-state index >= 15 is 0 Å². The van der Waals surface area contributed by atoms with E-state index in [1.54, 1.807) is 10.7 Å². The Bertz CT molecular complexity index is 548. The Morgan fingerprint density at radius 1 is 1.35 bits per heavy atom. The molecule has 1 aromatic carbocycles. The summed E-state index contributed by atoms with van der Waals surface area (Å²) >= 11 is 6.11. The number of hydrogen-bond acceptors (Lipinski definition) is 3. The molecular weight excluding hydrogens is 238 g/mol. The zero-order valence-corrected chi connectivity index (χ0v) is 10.3. The third-order valence-corrected chi connectivity index (χ3v) is 2.79. The molecule has 0 atom stereocenters. The second-order valence-electron chi connectivity index (χ2n) is 4.00. The summed E-state index contributed by atoms with van der Waals surface area (Å²) in [5, 5.41) is 8.43. The van der Waals surface area contributed by atoms with Gasteiger partial charge in [-0.15, -0.1) is 5.10 Å². The maximum atomic E-state index is 10.9. The van der Waals surface area contributed by atoms with E-state index in [1.165, 1.54) is 0 Å². The fraction of sp³-hybridized carbons (Fsp3) is 0.250. The summed E-state index contributed by atoms with van der Waals surface area (Å²) < 4.78 is 1.62. The van der Waals surface area contributed by atoms with Crippen LogP contribution in [0.5, 0.6) is 0 Å². The van der Waals surface area contributed by atoms with Gasteiger partial charge >= 0.3 is 0 Å². The fourth-order valence-corrected chi connectivity index (χ4v) is 1.94. The highest BCUT2D eigenvalue weighted by atomic mass is 35.5. The Labute approximate surface area is 104 Å². The smallest absolute Gasteiger partial charge is 0.172 e. The quantitative estimate of drug-likeness (QED) is 0.786. The molecule has 0 aliphatic rings. The van der Waals surface area contributed by atoms with Gasteiger partial charge in [0.15, 0.2) is 6.29 Å². The van der Waals surface area contributed by atoms with Gasteiger partial charge in [-0.2, -0.15) is 0 Å². The number of rotatable bonds is 3. The first-order valence-electron chi connectivity index (χ1n) is 5.30. The number of aromatic nitrogens is 3. The van der Waals surface area contributed by atoms with E-state index < -0.39 is 0 Å². The van der Waals surface area contributed by atoms with Gasteiger partial charge in [-0.05, 0) is 18.1 Å². The number of benzene rings is 1. The molecule has 0 amide bonds. The molecule has 1 heterocycles. The SMILES string of the molecule is CC(C)c1c(C=O)nnn1-c1ccccc1Cl. The van der Waals surface area contributed by atoms with Gasteiger partial charge < -0.3 is 0 Å². The predicted octanol–water partition coefficient (Wildman–Crippen LogP) is 2.86. The van der Waals surface area contributed by atoms with Gasteiger partial charge in [-0.3, -0.25) is 4.79 Å². The molecule has 0 aliphatic heterocycles. The average Bonchev–Trinajstić information content (AvgIpc) is 2.73. The largest absolute Gasteiger partial charge is 0.296 e. The summed E-state index contributed by atoms with van der Waals surface area (Å²) in [5.41, 5.74) is 1.87. The van der Waals surface area contributed by atoms with Crippen molar-refractivity contribution in [3.63, 3.8) is 0 Å². The minimum Gasteiger partial charge on any atom is -0.296 e. The molecule has 0 bridgehead atoms. The molecule has 0 radical (unpaired) electrons. The van der Waals surface area contributed by atoms with Crippen LogP contribution in [-0.4, -0.2) is 21.3 Å². The van der Waals surface area contributed by atoms with Crippen LogP contribution < -0.4 is 0 Å². The first kappa shape index (κ1) is 11.8. The summed E-state index contributed by atoms with van der Waals surface area (Å²) in [6, 6.07) is 7.34. The molecule has 2 aromatic rings. The van der Waals surface area contributed by atoms with Gasteiger partial charge in [0.05, 0.1) is 16.4 Å². The van der Waals surface area contributed by atoms with Crippen LogP contribution in [0.4, 0.5) is 0 Å². The molecule has 5 heteroatoms. The maximum absolute atomic E-state index is 10.9. The molecule has 0 N–H and O–H groups in total. The number of nitrogens with zero attached hydrogens (tertiary/aromatic N) is 3. The van der Waals surface area contributed by atoms with Gasteiger partial charge in [0.25, 0.3) is 0 Å². The van der Waals surface area contributed by atoms with Crippen molar-refractivity contribution in [3.8, 4) is 5.69 Å². The molecule has 0 aliphatic carbocycles. The molecule has 0 saturated heterocycles. The van der Waals surface area contributed by atoms with Crippen molar-refractivity contribution in [2.75, 3.05) is 0 Å². The Kier molecular flexibility index (Phi) is 3.24. The number of para-hydroxylation sites is 1. The third kappa shape index (κ3) is 2.08. The number of aldehydes is 1. The Hall–Kier alpha value is -1.68. The Morgan fingerprint density at radius 3 is 2.65 bits per heavy atom. The number of hydrogen-bond donors (Lipinski definition) is 0. The lowest BCUT2D eigenvalue weighted by atomic mass is 10.1. The normalized spacial score (nSPS) is 10.8. The van der Waals surface area contributed by atoms with Crippen LogP contribution in [0.1, 0.15) is 35.9 Å². The summed E-state index contributed by atoms with van der Waals surface area (Å²) in [7, 11) is 0. The van der Waals surface area contributed by atoms with Crippen LogP contribution >= 0.6 is 11.6 Å². The van der Waals surface area contributed by atoms with Crippen LogP contribution in [0.2, 0.25) is 5.02 Å². The van der Waals surface area contributed by atoms with Crippen LogP contribution in [-0.2, 0) is 0 Å². The topological polar surface area (TPSA) is 47.8 Å². The van der Waals surface area contributed by atoms with Gasteiger partial charge in [-0.1, -0.05) is 42.8 Å². The van der Waals surface area contributed by atoms with Crippen molar-refractivity contribution < 1.29 is 4.79 Å². The monoisotopic (exact) mass is 249 g/mol. The van der Waals surface area contributed by atoms with Gasteiger partial charge in [0.1, 0.15) is 5.69 Å². The molecule has 4 nitrogen and oxygen atoms in total. The van der Waals surface area contributed by atoms with Gasteiger partial charge in [0.2, 0.25) is 0 Å². The number of carbonyl (C=O) groups is 1. The third-order valence-electron chi connectivity index (χ3n) is 2.47. The van der Waals surface area contributed by atoms with Crippen molar-refractivity contribution in [1.29, 1.82) is 0 Å². The molecule has 1 aromatic heterocycles. The van der Waals surface area contributed by atoms with E-state index in [1.807, 2.05) is 32.0 Å². The lowest BCUT2D eigenvalue weighted by Gasteiger charge is -2.10. The number of carbonyl (C=O) groups excluding carboxylic acids is 1. The minimum atomic E-state index is 0.140. The van der Waals surface area contributed by atoms with Gasteiger partial charge in [-0.25, -0.2) is 4.68 Å². The summed E-state index contributed by atoms with van der Waals surface area (Å²) in [5.74, 6) is 0.140. The molecule has 0 saturated carbocycles. The van der Waals surface area contributed by atoms with Crippen molar-refractivity contribution in [3.05, 3.63) is 40.7 Å². The predicted molar refractivity (Wildman–Crippen MR) is 65.8 cm³/mol. The lowest BCUT2D eigenvalue weighted by molar-refractivity contribution is 0.111. The molecule has 2 rings (SSSR count). The van der Waals surface area contributed by atoms with E-state index in [0.717, 1.165) is 17.7 Å². The highest BCUT2D eigenvalue weighted by molar-refractivity contribution is 6.32. The zero-order valence-electron chi connectivity index (χ0n) is 9.59. The van der Waals surface area contributed by atoms with Crippen molar-refractivity contribution in [1.82, 2.24) is 15.0 Å². The Balaban J connectivity index is 2.64. The van der Waals surface area contributed by atoms with Gasteiger partial charge in [0, 0.05) is 0 Å². The fourth-order valence-electron chi connectivity index (χ4n) is 1.73. The Morgan fingerprint density at radius 2 is 2.06 bits per heavy atom. The van der Waals surface area contributed by atoms with E-state index in [4.69, 9.17) is 11.6 Å². The second-order valence-corrected chi connectivity index (χ2v) is 4.40. The van der Waals surface area contributed by atoms with Crippen LogP contribution in [0.15, 0.2) is 24.3 Å². The second kappa shape index (κ2) is 4.67. The van der Waals surface area contributed by atoms with Crippen molar-refractivity contribution in [2.45, 2.75) is 19.8 Å². The van der Waals surface area contributed by atoms with E-state index in [9.17, 15) is 4.79 Å². The van der Waals surface area contributed by atoms with E-state index in [0.29, 0.717) is 10.7 Å². The summed E-state index contributed by atoms with van der Waals surface area (Å²) in [4.78, 5) is 10.9. The summed E-state index contributed by atoms with van der Waals surface area (Å²) in [6.45, 7) is 3.97. The maximum Gasteiger partial charge on any atom is 0.172 e. The standard InChI is InChI=1S/C12H12ClN3O/c1-8(2)12-10(7-17)14-15-16(12)11-6-4-3-5-9(11)13/h3-8H,1-2H3. The average molecular weight is 250 g/mol. The molecular formula is C12H12ClN3O. The van der Waals surface area contributed by atoms with Crippen molar-refractivity contribution >= 4 is 17.9 Å². The highest BCUT2D eigenvalue weighted by Crippen LogP contribution is 2.25. The molecule has 88 valence electrons. The van der Waals surface area contributed by atoms with Crippen molar-refractivity contribution in [2.24, 2.45) is 0 Å². The minimum absolute atomic E-state index is 0.140. The molecule has 0 unspecified atom stereocenters. The molecule has 0 fully saturated rings. The molecule has 0 spiro atoms. The van der Waals surface area contributed by atoms with E-state index in [2.05, 4.69) is 10.3 Å². The zero-order chi connectivity index (χ0) is 12.4. The first-order chi connectivity index (χ1) is 8.15. The molecule has 17 heavy (non-hydrogen) atoms. The number of halogens is 1. The van der Waals surface area contributed by atoms with Crippen LogP contribution in [0.3, 0.4) is 0 Å². The highest BCUT2D eigenvalue weighted by Gasteiger charge is 2.17. The van der Waals surface area contributed by atoms with Crippen LogP contribution in [0, 0.1) is 0 Å². The summed E-state index contributed by atoms with van der Waals surface area (Å²) in [6.07, 6.45) is 0.718. The van der Waals surface area contributed by atoms with Crippen LogP contribution in [0.25, 0.3) is 5.69 Å².